The Morgan fingerprint density at radius 1 is 1.19 bits per heavy atom. The van der Waals surface area contributed by atoms with E-state index in [0.29, 0.717) is 23.3 Å². The minimum absolute atomic E-state index is 0.299. The third kappa shape index (κ3) is 2.32. The van der Waals surface area contributed by atoms with Crippen LogP contribution in [0, 0.1) is 0 Å². The van der Waals surface area contributed by atoms with Gasteiger partial charge in [0.25, 0.3) is 5.91 Å². The largest absolute Gasteiger partial charge is 0.365 e. The van der Waals surface area contributed by atoms with E-state index in [0.717, 1.165) is 5.01 Å². The zero-order chi connectivity index (χ0) is 14.9. The van der Waals surface area contributed by atoms with Crippen molar-refractivity contribution < 1.29 is 9.90 Å². The quantitative estimate of drug-likeness (QED) is 0.917. The van der Waals surface area contributed by atoms with E-state index < -0.39 is 5.72 Å². The molecule has 106 valence electrons. The molecule has 1 amide bonds. The summed E-state index contributed by atoms with van der Waals surface area (Å²) < 4.78 is 0. The molecule has 0 radical (unpaired) electrons. The van der Waals surface area contributed by atoms with Crippen LogP contribution in [-0.2, 0) is 5.72 Å². The summed E-state index contributed by atoms with van der Waals surface area (Å²) in [5, 5.41) is 16.4. The number of pyridine rings is 1. The molecule has 0 fully saturated rings. The van der Waals surface area contributed by atoms with Crippen LogP contribution in [-0.4, -0.2) is 26.7 Å². The molecule has 1 aromatic carbocycles. The number of carbonyl (C=O) groups excluding carboxylic acids is 1. The minimum atomic E-state index is -1.44. The monoisotopic (exact) mass is 281 g/mol. The highest BCUT2D eigenvalue weighted by Gasteiger charge is 2.44. The van der Waals surface area contributed by atoms with E-state index >= 15 is 0 Å². The van der Waals surface area contributed by atoms with Crippen molar-refractivity contribution in [3.63, 3.8) is 0 Å². The van der Waals surface area contributed by atoms with Gasteiger partial charge < -0.3 is 5.11 Å². The van der Waals surface area contributed by atoms with Gasteiger partial charge in [0.2, 0.25) is 0 Å². The number of amides is 1. The van der Waals surface area contributed by atoms with Crippen molar-refractivity contribution in [2.24, 2.45) is 5.10 Å². The third-order valence-corrected chi connectivity index (χ3v) is 3.48. The van der Waals surface area contributed by atoms with Gasteiger partial charge in [0, 0.05) is 35.7 Å². The predicted octanol–water partition coefficient (Wildman–Crippen LogP) is 2.15. The summed E-state index contributed by atoms with van der Waals surface area (Å²) in [4.78, 5) is 16.5. The molecule has 2 heterocycles. The van der Waals surface area contributed by atoms with Gasteiger partial charge in [0.15, 0.2) is 5.72 Å². The average molecular weight is 281 g/mol. The Morgan fingerprint density at radius 2 is 1.86 bits per heavy atom. The molecule has 1 unspecified atom stereocenters. The second kappa shape index (κ2) is 5.10. The third-order valence-electron chi connectivity index (χ3n) is 3.48. The van der Waals surface area contributed by atoms with E-state index in [1.54, 1.807) is 43.6 Å². The lowest BCUT2D eigenvalue weighted by molar-refractivity contribution is -0.0765. The fraction of sp³-hybridized carbons (Fsp3) is 0.188. The molecular formula is C16H15N3O2. The topological polar surface area (TPSA) is 65.8 Å². The van der Waals surface area contributed by atoms with Crippen molar-refractivity contribution in [2.75, 3.05) is 0 Å². The molecule has 21 heavy (non-hydrogen) atoms. The van der Waals surface area contributed by atoms with Crippen molar-refractivity contribution in [1.82, 2.24) is 9.99 Å². The van der Waals surface area contributed by atoms with E-state index in [1.807, 2.05) is 18.2 Å². The molecule has 1 aliphatic heterocycles. The van der Waals surface area contributed by atoms with Gasteiger partial charge in [-0.15, -0.1) is 0 Å². The maximum atomic E-state index is 12.6. The van der Waals surface area contributed by atoms with Crippen LogP contribution in [0.2, 0.25) is 0 Å². The lowest BCUT2D eigenvalue weighted by Crippen LogP contribution is -2.43. The molecule has 0 spiro atoms. The Bertz CT molecular complexity index is 685. The van der Waals surface area contributed by atoms with Crippen molar-refractivity contribution in [3.05, 3.63) is 66.0 Å². The lowest BCUT2D eigenvalue weighted by atomic mass is 9.97. The van der Waals surface area contributed by atoms with Crippen molar-refractivity contribution >= 4 is 11.6 Å². The van der Waals surface area contributed by atoms with Crippen LogP contribution >= 0.6 is 0 Å². The van der Waals surface area contributed by atoms with Gasteiger partial charge in [-0.2, -0.15) is 10.1 Å². The Labute approximate surface area is 122 Å². The molecule has 1 aliphatic rings. The molecule has 2 aromatic rings. The molecular weight excluding hydrogens is 266 g/mol. The fourth-order valence-corrected chi connectivity index (χ4v) is 2.48. The van der Waals surface area contributed by atoms with Crippen molar-refractivity contribution in [2.45, 2.75) is 19.1 Å². The van der Waals surface area contributed by atoms with E-state index in [4.69, 9.17) is 0 Å². The van der Waals surface area contributed by atoms with Gasteiger partial charge >= 0.3 is 0 Å². The molecule has 5 heteroatoms. The molecule has 1 N–H and O–H groups in total. The number of hydrogen-bond donors (Lipinski definition) is 1. The van der Waals surface area contributed by atoms with Gasteiger partial charge in [-0.05, 0) is 19.1 Å². The number of benzene rings is 1. The normalized spacial score (nSPS) is 21.2. The number of rotatable bonds is 2. The number of aliphatic hydroxyl groups is 1. The Balaban J connectivity index is 2.01. The van der Waals surface area contributed by atoms with Crippen molar-refractivity contribution in [1.29, 1.82) is 0 Å². The van der Waals surface area contributed by atoms with Crippen LogP contribution in [0.4, 0.5) is 0 Å². The first kappa shape index (κ1) is 13.5. The number of carbonyl (C=O) groups is 1. The highest BCUT2D eigenvalue weighted by atomic mass is 16.3. The summed E-state index contributed by atoms with van der Waals surface area (Å²) in [7, 11) is 0. The number of nitrogens with zero attached hydrogens (tertiary/aromatic N) is 3. The maximum absolute atomic E-state index is 12.6. The highest BCUT2D eigenvalue weighted by molar-refractivity contribution is 5.97. The van der Waals surface area contributed by atoms with E-state index in [2.05, 4.69) is 10.1 Å². The molecule has 0 saturated heterocycles. The summed E-state index contributed by atoms with van der Waals surface area (Å²) in [6, 6.07) is 12.3. The van der Waals surface area contributed by atoms with Gasteiger partial charge in [-0.25, -0.2) is 0 Å². The highest BCUT2D eigenvalue weighted by Crippen LogP contribution is 2.36. The van der Waals surface area contributed by atoms with E-state index in [-0.39, 0.29) is 5.91 Å². The molecule has 0 aliphatic carbocycles. The minimum Gasteiger partial charge on any atom is -0.365 e. The zero-order valence-electron chi connectivity index (χ0n) is 11.6. The first-order valence-electron chi connectivity index (χ1n) is 6.68. The molecule has 0 bridgehead atoms. The van der Waals surface area contributed by atoms with E-state index in [1.165, 1.54) is 0 Å². The number of aromatic nitrogens is 1. The number of hydrogen-bond acceptors (Lipinski definition) is 4. The molecule has 3 rings (SSSR count). The van der Waals surface area contributed by atoms with Crippen LogP contribution < -0.4 is 0 Å². The van der Waals surface area contributed by atoms with Crippen LogP contribution in [0.1, 0.15) is 29.3 Å². The first-order valence-corrected chi connectivity index (χ1v) is 6.68. The summed E-state index contributed by atoms with van der Waals surface area (Å²) in [6.07, 6.45) is 3.39. The smallest absolute Gasteiger partial charge is 0.277 e. The lowest BCUT2D eigenvalue weighted by Gasteiger charge is -2.31. The summed E-state index contributed by atoms with van der Waals surface area (Å²) >= 11 is 0. The summed E-state index contributed by atoms with van der Waals surface area (Å²) in [5.74, 6) is -0.347. The summed E-state index contributed by atoms with van der Waals surface area (Å²) in [5.41, 5.74) is 0.362. The van der Waals surface area contributed by atoms with Gasteiger partial charge in [-0.1, -0.05) is 30.3 Å². The van der Waals surface area contributed by atoms with Crippen molar-refractivity contribution in [3.8, 4) is 0 Å². The SMILES string of the molecule is CC1=NN(C(=O)c2ccncc2)C(O)(c2ccccc2)C1. The van der Waals surface area contributed by atoms with Gasteiger partial charge in [0.1, 0.15) is 0 Å². The van der Waals surface area contributed by atoms with E-state index in [9.17, 15) is 9.90 Å². The predicted molar refractivity (Wildman–Crippen MR) is 78.5 cm³/mol. The molecule has 0 saturated carbocycles. The fourth-order valence-electron chi connectivity index (χ4n) is 2.48. The van der Waals surface area contributed by atoms with Gasteiger partial charge in [-0.3, -0.25) is 9.78 Å². The standard InChI is InChI=1S/C16H15N3O2/c1-12-11-16(21,14-5-3-2-4-6-14)19(18-12)15(20)13-7-9-17-10-8-13/h2-10,21H,11H2,1H3. The first-order chi connectivity index (χ1) is 10.1. The Hall–Kier alpha value is -2.53. The molecule has 1 aromatic heterocycles. The van der Waals surface area contributed by atoms with Crippen LogP contribution in [0.3, 0.4) is 0 Å². The second-order valence-electron chi connectivity index (χ2n) is 5.05. The molecule has 1 atom stereocenters. The Morgan fingerprint density at radius 3 is 2.52 bits per heavy atom. The Kier molecular flexibility index (Phi) is 3.27. The summed E-state index contributed by atoms with van der Waals surface area (Å²) in [6.45, 7) is 1.80. The maximum Gasteiger partial charge on any atom is 0.277 e. The second-order valence-corrected chi connectivity index (χ2v) is 5.05. The van der Waals surface area contributed by atoms with Crippen LogP contribution in [0.5, 0.6) is 0 Å². The van der Waals surface area contributed by atoms with Gasteiger partial charge in [0.05, 0.1) is 0 Å². The number of hydrazone groups is 1. The van der Waals surface area contributed by atoms with Crippen LogP contribution in [0.15, 0.2) is 60.0 Å². The zero-order valence-corrected chi connectivity index (χ0v) is 11.6. The average Bonchev–Trinajstić information content (AvgIpc) is 2.84. The van der Waals surface area contributed by atoms with Crippen LogP contribution in [0.25, 0.3) is 0 Å². The molecule has 5 nitrogen and oxygen atoms in total.